The first-order valence-electron chi connectivity index (χ1n) is 6.82. The smallest absolute Gasteiger partial charge is 0.174 e. The van der Waals surface area contributed by atoms with E-state index in [-0.39, 0.29) is 29.3 Å². The predicted molar refractivity (Wildman–Crippen MR) is 82.0 cm³/mol. The SMILES string of the molecule is Cc1ccc(O)c(C(=O)CC(=O)c2ccc(C)c(C)c2)c1. The molecule has 0 saturated carbocycles. The molecule has 0 aliphatic carbocycles. The summed E-state index contributed by atoms with van der Waals surface area (Å²) in [5.41, 5.74) is 3.72. The maximum absolute atomic E-state index is 12.2. The number of Topliss-reactive ketones (excluding diaryl/α,β-unsaturated/α-hetero) is 2. The van der Waals surface area contributed by atoms with Crippen molar-refractivity contribution in [2.24, 2.45) is 0 Å². The van der Waals surface area contributed by atoms with E-state index in [1.54, 1.807) is 24.3 Å². The number of benzene rings is 2. The predicted octanol–water partition coefficient (Wildman–Crippen LogP) is 3.77. The van der Waals surface area contributed by atoms with Gasteiger partial charge in [-0.2, -0.15) is 0 Å². The standard InChI is InChI=1S/C18H18O3/c1-11-4-7-16(19)15(8-11)18(21)10-17(20)14-6-5-12(2)13(3)9-14/h4-9,19H,10H2,1-3H3. The number of aromatic hydroxyl groups is 1. The van der Waals surface area contributed by atoms with Gasteiger partial charge in [-0.25, -0.2) is 0 Å². The van der Waals surface area contributed by atoms with E-state index in [4.69, 9.17) is 0 Å². The van der Waals surface area contributed by atoms with Crippen LogP contribution in [0.4, 0.5) is 0 Å². The van der Waals surface area contributed by atoms with E-state index in [9.17, 15) is 14.7 Å². The molecule has 3 heteroatoms. The Morgan fingerprint density at radius 2 is 1.62 bits per heavy atom. The maximum Gasteiger partial charge on any atom is 0.174 e. The van der Waals surface area contributed by atoms with Gasteiger partial charge in [-0.3, -0.25) is 9.59 Å². The summed E-state index contributed by atoms with van der Waals surface area (Å²) in [4.78, 5) is 24.4. The molecule has 3 nitrogen and oxygen atoms in total. The molecule has 1 N–H and O–H groups in total. The van der Waals surface area contributed by atoms with Crippen LogP contribution in [0.25, 0.3) is 0 Å². The summed E-state index contributed by atoms with van der Waals surface area (Å²) in [7, 11) is 0. The first-order valence-corrected chi connectivity index (χ1v) is 6.82. The van der Waals surface area contributed by atoms with Crippen molar-refractivity contribution in [3.63, 3.8) is 0 Å². The fourth-order valence-corrected chi connectivity index (χ4v) is 2.13. The van der Waals surface area contributed by atoms with Gasteiger partial charge in [0, 0.05) is 5.56 Å². The summed E-state index contributed by atoms with van der Waals surface area (Å²) < 4.78 is 0. The van der Waals surface area contributed by atoms with Crippen molar-refractivity contribution in [3.8, 4) is 5.75 Å². The van der Waals surface area contributed by atoms with Gasteiger partial charge in [0.2, 0.25) is 0 Å². The minimum Gasteiger partial charge on any atom is -0.507 e. The maximum atomic E-state index is 12.2. The Morgan fingerprint density at radius 1 is 0.905 bits per heavy atom. The number of phenolic OH excluding ortho intramolecular Hbond substituents is 1. The molecule has 0 unspecified atom stereocenters. The fraction of sp³-hybridized carbons (Fsp3) is 0.222. The average Bonchev–Trinajstić information content (AvgIpc) is 2.44. The van der Waals surface area contributed by atoms with Crippen molar-refractivity contribution in [3.05, 3.63) is 64.2 Å². The van der Waals surface area contributed by atoms with Crippen molar-refractivity contribution in [1.82, 2.24) is 0 Å². The second kappa shape index (κ2) is 5.92. The average molecular weight is 282 g/mol. The lowest BCUT2D eigenvalue weighted by atomic mass is 9.97. The highest BCUT2D eigenvalue weighted by atomic mass is 16.3. The Bertz CT molecular complexity index is 714. The summed E-state index contributed by atoms with van der Waals surface area (Å²) in [6, 6.07) is 10.2. The van der Waals surface area contributed by atoms with E-state index in [2.05, 4.69) is 0 Å². The summed E-state index contributed by atoms with van der Waals surface area (Å²) in [6.45, 7) is 5.74. The largest absolute Gasteiger partial charge is 0.507 e. The molecule has 0 aromatic heterocycles. The molecule has 0 atom stereocenters. The molecule has 0 radical (unpaired) electrons. The molecule has 2 aromatic carbocycles. The van der Waals surface area contributed by atoms with E-state index in [0.29, 0.717) is 5.56 Å². The van der Waals surface area contributed by atoms with Crippen molar-refractivity contribution in [2.75, 3.05) is 0 Å². The van der Waals surface area contributed by atoms with Crippen LogP contribution in [0, 0.1) is 20.8 Å². The zero-order valence-electron chi connectivity index (χ0n) is 12.4. The van der Waals surface area contributed by atoms with Crippen LogP contribution in [-0.4, -0.2) is 16.7 Å². The van der Waals surface area contributed by atoms with Gasteiger partial charge < -0.3 is 5.11 Å². The van der Waals surface area contributed by atoms with Gasteiger partial charge in [0.05, 0.1) is 12.0 Å². The molecule has 0 amide bonds. The van der Waals surface area contributed by atoms with Gasteiger partial charge in [0.15, 0.2) is 11.6 Å². The number of ketones is 2. The highest BCUT2D eigenvalue weighted by Crippen LogP contribution is 2.21. The van der Waals surface area contributed by atoms with Crippen LogP contribution < -0.4 is 0 Å². The third-order valence-electron chi connectivity index (χ3n) is 3.60. The van der Waals surface area contributed by atoms with Gasteiger partial charge in [0.25, 0.3) is 0 Å². The number of phenols is 1. The Hall–Kier alpha value is -2.42. The van der Waals surface area contributed by atoms with E-state index in [1.165, 1.54) is 6.07 Å². The molecule has 2 aromatic rings. The Morgan fingerprint density at radius 3 is 2.29 bits per heavy atom. The summed E-state index contributed by atoms with van der Waals surface area (Å²) >= 11 is 0. The molecule has 0 heterocycles. The minimum atomic E-state index is -0.362. The van der Waals surface area contributed by atoms with E-state index in [1.807, 2.05) is 26.8 Å². The molecule has 0 bridgehead atoms. The van der Waals surface area contributed by atoms with Crippen LogP contribution in [0.2, 0.25) is 0 Å². The van der Waals surface area contributed by atoms with Crippen LogP contribution in [-0.2, 0) is 0 Å². The Labute approximate surface area is 124 Å². The van der Waals surface area contributed by atoms with Crippen LogP contribution >= 0.6 is 0 Å². The third kappa shape index (κ3) is 3.37. The molecule has 108 valence electrons. The van der Waals surface area contributed by atoms with Gasteiger partial charge in [-0.15, -0.1) is 0 Å². The minimum absolute atomic E-state index is 0.0847. The monoisotopic (exact) mass is 282 g/mol. The molecule has 0 spiro atoms. The van der Waals surface area contributed by atoms with Gasteiger partial charge in [-0.05, 0) is 50.1 Å². The van der Waals surface area contributed by atoms with Crippen molar-refractivity contribution < 1.29 is 14.7 Å². The van der Waals surface area contributed by atoms with Crippen LogP contribution in [0.3, 0.4) is 0 Å². The number of carbonyl (C=O) groups is 2. The zero-order chi connectivity index (χ0) is 15.6. The second-order valence-electron chi connectivity index (χ2n) is 5.34. The van der Waals surface area contributed by atoms with Gasteiger partial charge in [0.1, 0.15) is 5.75 Å². The number of hydrogen-bond acceptors (Lipinski definition) is 3. The molecular weight excluding hydrogens is 264 g/mol. The first-order chi connectivity index (χ1) is 9.88. The topological polar surface area (TPSA) is 54.4 Å². The lowest BCUT2D eigenvalue weighted by molar-refractivity contribution is 0.0893. The molecule has 0 saturated heterocycles. The second-order valence-corrected chi connectivity index (χ2v) is 5.34. The van der Waals surface area contributed by atoms with E-state index >= 15 is 0 Å². The molecular formula is C18H18O3. The van der Waals surface area contributed by atoms with Gasteiger partial charge in [-0.1, -0.05) is 23.8 Å². The molecule has 0 fully saturated rings. The summed E-state index contributed by atoms with van der Waals surface area (Å²) in [6.07, 6.45) is -0.237. The molecule has 2 rings (SSSR count). The lowest BCUT2D eigenvalue weighted by Gasteiger charge is -2.06. The highest BCUT2D eigenvalue weighted by molar-refractivity contribution is 6.14. The van der Waals surface area contributed by atoms with Crippen molar-refractivity contribution in [1.29, 1.82) is 0 Å². The molecule has 21 heavy (non-hydrogen) atoms. The van der Waals surface area contributed by atoms with Gasteiger partial charge >= 0.3 is 0 Å². The number of hydrogen-bond donors (Lipinski definition) is 1. The summed E-state index contributed by atoms with van der Waals surface area (Å²) in [5, 5.41) is 9.74. The first kappa shape index (κ1) is 15.0. The molecule has 0 aliphatic heterocycles. The Kier molecular flexibility index (Phi) is 4.22. The van der Waals surface area contributed by atoms with Crippen LogP contribution in [0.5, 0.6) is 5.75 Å². The van der Waals surface area contributed by atoms with E-state index < -0.39 is 0 Å². The van der Waals surface area contributed by atoms with Crippen molar-refractivity contribution in [2.45, 2.75) is 27.2 Å². The normalized spacial score (nSPS) is 10.4. The Balaban J connectivity index is 2.20. The molecule has 0 aliphatic rings. The van der Waals surface area contributed by atoms with E-state index in [0.717, 1.165) is 16.7 Å². The third-order valence-corrected chi connectivity index (χ3v) is 3.60. The lowest BCUT2D eigenvalue weighted by Crippen LogP contribution is -2.09. The highest BCUT2D eigenvalue weighted by Gasteiger charge is 2.17. The number of aryl methyl sites for hydroxylation is 3. The summed E-state index contributed by atoms with van der Waals surface area (Å²) in [5.74, 6) is -0.679. The number of rotatable bonds is 4. The van der Waals surface area contributed by atoms with Crippen LogP contribution in [0.1, 0.15) is 43.8 Å². The van der Waals surface area contributed by atoms with Crippen molar-refractivity contribution >= 4 is 11.6 Å². The van der Waals surface area contributed by atoms with Crippen LogP contribution in [0.15, 0.2) is 36.4 Å². The fourth-order valence-electron chi connectivity index (χ4n) is 2.13. The zero-order valence-corrected chi connectivity index (χ0v) is 12.4. The quantitative estimate of drug-likeness (QED) is 0.686. The number of carbonyl (C=O) groups excluding carboxylic acids is 2.